The lowest BCUT2D eigenvalue weighted by molar-refractivity contribution is 0.0684. The first-order valence-corrected chi connectivity index (χ1v) is 14.3. The standard InChI is InChI=1S/C32H31FN6O3/c33-28-17-22(20-34)5-6-23(28)21-42-25-7-8-29-26(18-25)27(31(40)37-12-2-1-3-13-37)19-30(36-29)32(41)38-15-9-24(10-16-38)39-14-4-11-35-39/h4-8,11,14,17-19,24H,1-3,9-10,12-13,15-16,21H2. The number of carbonyl (C=O) groups excluding carboxylic acids is 2. The lowest BCUT2D eigenvalue weighted by Gasteiger charge is -2.32. The molecule has 0 unspecified atom stereocenters. The number of hydrogen-bond acceptors (Lipinski definition) is 6. The first-order valence-electron chi connectivity index (χ1n) is 14.3. The first-order chi connectivity index (χ1) is 20.5. The molecule has 2 aliphatic rings. The van der Waals surface area contributed by atoms with Crippen LogP contribution in [0.4, 0.5) is 4.39 Å². The van der Waals surface area contributed by atoms with Crippen LogP contribution in [-0.4, -0.2) is 62.6 Å². The molecule has 214 valence electrons. The number of nitrogens with zero attached hydrogens (tertiary/aromatic N) is 6. The number of hydrogen-bond donors (Lipinski definition) is 0. The summed E-state index contributed by atoms with van der Waals surface area (Å²) in [4.78, 5) is 35.7. The Morgan fingerprint density at radius 1 is 0.976 bits per heavy atom. The molecule has 0 aliphatic carbocycles. The number of nitriles is 1. The fraction of sp³-hybridized carbons (Fsp3) is 0.344. The fourth-order valence-corrected chi connectivity index (χ4v) is 5.74. The molecule has 4 heterocycles. The van der Waals surface area contributed by atoms with Crippen LogP contribution in [0.25, 0.3) is 10.9 Å². The number of likely N-dealkylation sites (tertiary alicyclic amines) is 2. The van der Waals surface area contributed by atoms with Gasteiger partial charge in [-0.25, -0.2) is 9.37 Å². The molecule has 4 aromatic rings. The maximum Gasteiger partial charge on any atom is 0.272 e. The van der Waals surface area contributed by atoms with E-state index in [0.29, 0.717) is 54.0 Å². The number of ether oxygens (including phenoxy) is 1. The highest BCUT2D eigenvalue weighted by molar-refractivity contribution is 6.09. The van der Waals surface area contributed by atoms with Gasteiger partial charge in [0.2, 0.25) is 0 Å². The monoisotopic (exact) mass is 566 g/mol. The lowest BCUT2D eigenvalue weighted by atomic mass is 10.0. The van der Waals surface area contributed by atoms with Gasteiger partial charge in [-0.3, -0.25) is 14.3 Å². The topological polar surface area (TPSA) is 104 Å². The molecule has 2 fully saturated rings. The molecule has 6 rings (SSSR count). The summed E-state index contributed by atoms with van der Waals surface area (Å²) in [6.45, 7) is 2.45. The van der Waals surface area contributed by atoms with E-state index in [-0.39, 0.29) is 35.7 Å². The Hall–Kier alpha value is -4.78. The molecule has 0 atom stereocenters. The minimum absolute atomic E-state index is 0.0447. The zero-order chi connectivity index (χ0) is 29.1. The van der Waals surface area contributed by atoms with E-state index in [1.807, 2.05) is 27.9 Å². The van der Waals surface area contributed by atoms with Crippen LogP contribution < -0.4 is 4.74 Å². The third kappa shape index (κ3) is 5.68. The molecule has 0 saturated carbocycles. The van der Waals surface area contributed by atoms with E-state index >= 15 is 0 Å². The van der Waals surface area contributed by atoms with Crippen LogP contribution in [0.15, 0.2) is 60.9 Å². The van der Waals surface area contributed by atoms with Gasteiger partial charge in [0.15, 0.2) is 0 Å². The van der Waals surface area contributed by atoms with E-state index in [9.17, 15) is 14.0 Å². The van der Waals surface area contributed by atoms with Gasteiger partial charge in [-0.05, 0) is 74.6 Å². The van der Waals surface area contributed by atoms with Crippen LogP contribution in [0, 0.1) is 17.1 Å². The summed E-state index contributed by atoms with van der Waals surface area (Å²) in [5.74, 6) is -0.404. The predicted octanol–water partition coefficient (Wildman–Crippen LogP) is 5.12. The van der Waals surface area contributed by atoms with E-state index in [1.54, 1.807) is 41.4 Å². The van der Waals surface area contributed by atoms with E-state index in [4.69, 9.17) is 10.00 Å². The van der Waals surface area contributed by atoms with Crippen molar-refractivity contribution in [3.8, 4) is 11.8 Å². The molecule has 42 heavy (non-hydrogen) atoms. The zero-order valence-electron chi connectivity index (χ0n) is 23.2. The summed E-state index contributed by atoms with van der Waals surface area (Å²) in [6.07, 6.45) is 8.27. The van der Waals surface area contributed by atoms with Gasteiger partial charge in [0, 0.05) is 49.5 Å². The molecule has 9 nitrogen and oxygen atoms in total. The Kier molecular flexibility index (Phi) is 7.82. The Balaban J connectivity index is 1.27. The highest BCUT2D eigenvalue weighted by Gasteiger charge is 2.28. The normalized spacial score (nSPS) is 15.9. The van der Waals surface area contributed by atoms with Crippen molar-refractivity contribution < 1.29 is 18.7 Å². The number of amides is 2. The Bertz CT molecular complexity index is 1650. The number of benzene rings is 2. The summed E-state index contributed by atoms with van der Waals surface area (Å²) in [5, 5.41) is 13.9. The highest BCUT2D eigenvalue weighted by Crippen LogP contribution is 2.29. The van der Waals surface area contributed by atoms with Crippen LogP contribution in [0.3, 0.4) is 0 Å². The number of rotatable bonds is 6. The quantitative estimate of drug-likeness (QED) is 0.321. The molecule has 2 amide bonds. The average molecular weight is 567 g/mol. The summed E-state index contributed by atoms with van der Waals surface area (Å²) in [5.41, 5.74) is 1.72. The Labute approximate surface area is 243 Å². The Morgan fingerprint density at radius 2 is 1.76 bits per heavy atom. The first kappa shape index (κ1) is 27.4. The molecule has 2 aliphatic heterocycles. The van der Waals surface area contributed by atoms with Gasteiger partial charge in [-0.1, -0.05) is 6.07 Å². The summed E-state index contributed by atoms with van der Waals surface area (Å²) in [6, 6.07) is 15.1. The third-order valence-electron chi connectivity index (χ3n) is 8.10. The minimum Gasteiger partial charge on any atom is -0.489 e. The second-order valence-corrected chi connectivity index (χ2v) is 10.8. The van der Waals surface area contributed by atoms with Gasteiger partial charge in [0.05, 0.1) is 28.8 Å². The highest BCUT2D eigenvalue weighted by atomic mass is 19.1. The molecule has 0 radical (unpaired) electrons. The van der Waals surface area contributed by atoms with E-state index in [1.165, 1.54) is 12.1 Å². The van der Waals surface area contributed by atoms with Crippen molar-refractivity contribution in [3.63, 3.8) is 0 Å². The number of piperidine rings is 2. The van der Waals surface area contributed by atoms with E-state index in [2.05, 4.69) is 10.1 Å². The number of pyridine rings is 1. The lowest BCUT2D eigenvalue weighted by Crippen LogP contribution is -2.40. The van der Waals surface area contributed by atoms with E-state index in [0.717, 1.165) is 32.1 Å². The molecule has 2 saturated heterocycles. The van der Waals surface area contributed by atoms with Gasteiger partial charge in [-0.2, -0.15) is 10.4 Å². The van der Waals surface area contributed by atoms with Crippen molar-refractivity contribution >= 4 is 22.7 Å². The van der Waals surface area contributed by atoms with Crippen molar-refractivity contribution in [1.82, 2.24) is 24.6 Å². The minimum atomic E-state index is -0.519. The van der Waals surface area contributed by atoms with Gasteiger partial charge in [0.1, 0.15) is 23.9 Å². The third-order valence-corrected chi connectivity index (χ3v) is 8.10. The Morgan fingerprint density at radius 3 is 2.48 bits per heavy atom. The second kappa shape index (κ2) is 12.0. The van der Waals surface area contributed by atoms with Crippen molar-refractivity contribution in [2.24, 2.45) is 0 Å². The van der Waals surface area contributed by atoms with Crippen LogP contribution >= 0.6 is 0 Å². The maximum absolute atomic E-state index is 14.4. The molecular formula is C32H31FN6O3. The molecule has 0 spiro atoms. The van der Waals surface area contributed by atoms with Crippen LogP contribution in [0.1, 0.15) is 70.1 Å². The second-order valence-electron chi connectivity index (χ2n) is 10.8. The molecule has 2 aromatic heterocycles. The molecule has 2 aromatic carbocycles. The van der Waals surface area contributed by atoms with Gasteiger partial charge in [0.25, 0.3) is 11.8 Å². The van der Waals surface area contributed by atoms with E-state index < -0.39 is 5.82 Å². The molecule has 0 N–H and O–H groups in total. The van der Waals surface area contributed by atoms with Crippen LogP contribution in [0.5, 0.6) is 5.75 Å². The smallest absolute Gasteiger partial charge is 0.272 e. The van der Waals surface area contributed by atoms with Gasteiger partial charge < -0.3 is 14.5 Å². The number of carbonyl (C=O) groups is 2. The molecule has 0 bridgehead atoms. The fourth-order valence-electron chi connectivity index (χ4n) is 5.74. The maximum atomic E-state index is 14.4. The van der Waals surface area contributed by atoms with Crippen molar-refractivity contribution in [1.29, 1.82) is 5.26 Å². The summed E-state index contributed by atoms with van der Waals surface area (Å²) < 4.78 is 22.2. The number of halogens is 1. The summed E-state index contributed by atoms with van der Waals surface area (Å²) >= 11 is 0. The van der Waals surface area contributed by atoms with Crippen LogP contribution in [-0.2, 0) is 6.61 Å². The van der Waals surface area contributed by atoms with Crippen molar-refractivity contribution in [2.75, 3.05) is 26.2 Å². The van der Waals surface area contributed by atoms with Crippen molar-refractivity contribution in [3.05, 3.63) is 89.1 Å². The zero-order valence-corrected chi connectivity index (χ0v) is 23.2. The summed E-state index contributed by atoms with van der Waals surface area (Å²) in [7, 11) is 0. The number of aromatic nitrogens is 3. The molecular weight excluding hydrogens is 535 g/mol. The van der Waals surface area contributed by atoms with Crippen LogP contribution in [0.2, 0.25) is 0 Å². The van der Waals surface area contributed by atoms with Gasteiger partial charge >= 0.3 is 0 Å². The largest absolute Gasteiger partial charge is 0.489 e. The number of fused-ring (bicyclic) bond motifs is 1. The SMILES string of the molecule is N#Cc1ccc(COc2ccc3nc(C(=O)N4CCC(n5cccn5)CC4)cc(C(=O)N4CCCCC4)c3c2)c(F)c1. The van der Waals surface area contributed by atoms with Gasteiger partial charge in [-0.15, -0.1) is 0 Å². The molecule has 10 heteroatoms. The predicted molar refractivity (Wildman–Crippen MR) is 153 cm³/mol. The van der Waals surface area contributed by atoms with Crippen molar-refractivity contribution in [2.45, 2.75) is 44.8 Å². The average Bonchev–Trinajstić information content (AvgIpc) is 3.59.